The van der Waals surface area contributed by atoms with Crippen LogP contribution in [-0.4, -0.2) is 21.9 Å². The third kappa shape index (κ3) is 3.37. The second-order valence-electron chi connectivity index (χ2n) is 4.39. The molecule has 1 heterocycles. The Balaban J connectivity index is 1.68. The predicted molar refractivity (Wildman–Crippen MR) is 78.3 cm³/mol. The topological polar surface area (TPSA) is 88.3 Å². The first-order chi connectivity index (χ1) is 10.7. The molecule has 7 heteroatoms. The number of fused-ring (bicyclic) bond motifs is 1. The molecular weight excluding hydrogens is 304 g/mol. The number of hydrogen-bond donors (Lipinski definition) is 0. The fourth-order valence-corrected chi connectivity index (χ4v) is 2.43. The Labute approximate surface area is 130 Å². The van der Waals surface area contributed by atoms with Crippen LogP contribution in [0.1, 0.15) is 5.89 Å². The van der Waals surface area contributed by atoms with Gasteiger partial charge in [0.05, 0.1) is 5.97 Å². The highest BCUT2D eigenvalue weighted by Gasteiger charge is 2.08. The normalized spacial score (nSPS) is 10.7. The van der Waals surface area contributed by atoms with Crippen LogP contribution in [0.3, 0.4) is 0 Å². The number of rotatable bonds is 6. The Morgan fingerprint density at radius 2 is 2.00 bits per heavy atom. The van der Waals surface area contributed by atoms with E-state index in [0.29, 0.717) is 0 Å². The lowest BCUT2D eigenvalue weighted by molar-refractivity contribution is -0.301. The number of carbonyl (C=O) groups is 1. The minimum absolute atomic E-state index is 0.118. The maximum absolute atomic E-state index is 10.4. The number of carbonyl (C=O) groups excluding carboxylic acids is 1. The average molecular weight is 315 g/mol. The first-order valence-electron chi connectivity index (χ1n) is 6.48. The van der Waals surface area contributed by atoms with E-state index in [1.807, 2.05) is 42.5 Å². The fraction of sp³-hybridized carbons (Fsp3) is 0.133. The van der Waals surface area contributed by atoms with E-state index in [2.05, 4.69) is 10.2 Å². The van der Waals surface area contributed by atoms with Crippen molar-refractivity contribution in [2.75, 3.05) is 5.75 Å². The first kappa shape index (κ1) is 14.4. The molecule has 0 aliphatic carbocycles. The molecule has 0 aliphatic heterocycles. The van der Waals surface area contributed by atoms with E-state index < -0.39 is 5.97 Å². The first-order valence-corrected chi connectivity index (χ1v) is 7.46. The van der Waals surface area contributed by atoms with Gasteiger partial charge in [0.25, 0.3) is 11.1 Å². The molecule has 0 aliphatic rings. The molecule has 3 aromatic rings. The summed E-state index contributed by atoms with van der Waals surface area (Å²) in [7, 11) is 0. The Morgan fingerprint density at radius 3 is 2.86 bits per heavy atom. The summed E-state index contributed by atoms with van der Waals surface area (Å²) < 4.78 is 11.0. The van der Waals surface area contributed by atoms with Crippen molar-refractivity contribution in [3.8, 4) is 5.75 Å². The lowest BCUT2D eigenvalue weighted by atomic mass is 10.1. The number of carboxylic acids is 1. The van der Waals surface area contributed by atoms with Crippen LogP contribution in [0, 0.1) is 0 Å². The zero-order valence-corrected chi connectivity index (χ0v) is 12.2. The van der Waals surface area contributed by atoms with Crippen LogP contribution in [0.2, 0.25) is 0 Å². The van der Waals surface area contributed by atoms with Crippen molar-refractivity contribution in [1.82, 2.24) is 10.2 Å². The maximum atomic E-state index is 10.4. The van der Waals surface area contributed by atoms with Gasteiger partial charge in [-0.2, -0.15) is 0 Å². The molecule has 0 atom stereocenters. The molecule has 0 fully saturated rings. The van der Waals surface area contributed by atoms with Gasteiger partial charge in [0.2, 0.25) is 0 Å². The van der Waals surface area contributed by atoms with Crippen molar-refractivity contribution in [3.05, 3.63) is 48.4 Å². The number of hydrogen-bond acceptors (Lipinski definition) is 7. The van der Waals surface area contributed by atoms with Gasteiger partial charge in [0.15, 0.2) is 6.61 Å². The molecule has 0 N–H and O–H groups in total. The van der Waals surface area contributed by atoms with Gasteiger partial charge < -0.3 is 19.1 Å². The summed E-state index contributed by atoms with van der Waals surface area (Å²) in [6.07, 6.45) is 0. The zero-order valence-electron chi connectivity index (χ0n) is 11.4. The number of aromatic nitrogens is 2. The Hall–Kier alpha value is -2.54. The highest BCUT2D eigenvalue weighted by molar-refractivity contribution is 7.99. The van der Waals surface area contributed by atoms with Crippen molar-refractivity contribution in [2.45, 2.75) is 11.8 Å². The van der Waals surface area contributed by atoms with Crippen LogP contribution in [0.15, 0.2) is 52.1 Å². The summed E-state index contributed by atoms with van der Waals surface area (Å²) in [6, 6.07) is 13.7. The van der Waals surface area contributed by atoms with Crippen molar-refractivity contribution >= 4 is 28.5 Å². The number of carboxylic acid groups (broad SMARTS) is 1. The molecule has 0 spiro atoms. The molecule has 0 saturated heterocycles. The van der Waals surface area contributed by atoms with E-state index in [-0.39, 0.29) is 23.5 Å². The van der Waals surface area contributed by atoms with Crippen LogP contribution >= 0.6 is 11.8 Å². The van der Waals surface area contributed by atoms with Crippen LogP contribution in [0.5, 0.6) is 5.75 Å². The van der Waals surface area contributed by atoms with Gasteiger partial charge in [0.1, 0.15) is 5.75 Å². The Kier molecular flexibility index (Phi) is 4.24. The molecule has 112 valence electrons. The van der Waals surface area contributed by atoms with Gasteiger partial charge in [-0.25, -0.2) is 0 Å². The van der Waals surface area contributed by atoms with Crippen molar-refractivity contribution in [3.63, 3.8) is 0 Å². The predicted octanol–water partition coefficient (Wildman–Crippen LogP) is 1.64. The summed E-state index contributed by atoms with van der Waals surface area (Å²) in [5.41, 5.74) is 0. The van der Waals surface area contributed by atoms with E-state index in [4.69, 9.17) is 9.15 Å². The summed E-state index contributed by atoms with van der Waals surface area (Å²) in [5.74, 6) is -0.406. The van der Waals surface area contributed by atoms with E-state index in [1.165, 1.54) is 0 Å². The van der Waals surface area contributed by atoms with Crippen molar-refractivity contribution < 1.29 is 19.1 Å². The highest BCUT2D eigenvalue weighted by Crippen LogP contribution is 2.26. The maximum Gasteiger partial charge on any atom is 0.277 e. The molecular formula is C15H11N2O4S-. The molecule has 0 radical (unpaired) electrons. The van der Waals surface area contributed by atoms with Gasteiger partial charge in [-0.15, -0.1) is 10.2 Å². The van der Waals surface area contributed by atoms with E-state index in [9.17, 15) is 9.90 Å². The average Bonchev–Trinajstić information content (AvgIpc) is 2.99. The Bertz CT molecular complexity index is 798. The van der Waals surface area contributed by atoms with E-state index >= 15 is 0 Å². The molecule has 0 saturated carbocycles. The monoisotopic (exact) mass is 315 g/mol. The minimum atomic E-state index is -1.18. The van der Waals surface area contributed by atoms with E-state index in [0.717, 1.165) is 28.3 Å². The van der Waals surface area contributed by atoms with Crippen LogP contribution in [-0.2, 0) is 11.4 Å². The standard InChI is InChI=1S/C15H12N2O4S/c18-14(19)9-22-15-17-16-13(21-15)8-20-12-7-3-5-10-4-1-2-6-11(10)12/h1-7H,8-9H2,(H,18,19)/p-1. The van der Waals surface area contributed by atoms with Crippen LogP contribution in [0.25, 0.3) is 10.8 Å². The molecule has 22 heavy (non-hydrogen) atoms. The highest BCUT2D eigenvalue weighted by atomic mass is 32.2. The van der Waals surface area contributed by atoms with E-state index in [1.54, 1.807) is 0 Å². The van der Waals surface area contributed by atoms with Crippen LogP contribution in [0.4, 0.5) is 0 Å². The van der Waals surface area contributed by atoms with Crippen LogP contribution < -0.4 is 9.84 Å². The molecule has 0 bridgehead atoms. The number of aliphatic carboxylic acids is 1. The number of benzene rings is 2. The quantitative estimate of drug-likeness (QED) is 0.639. The molecule has 0 unspecified atom stereocenters. The minimum Gasteiger partial charge on any atom is -0.549 e. The van der Waals surface area contributed by atoms with Crippen molar-refractivity contribution in [2.24, 2.45) is 0 Å². The summed E-state index contributed by atoms with van der Waals surface area (Å²) >= 11 is 0.916. The Morgan fingerprint density at radius 1 is 1.18 bits per heavy atom. The second kappa shape index (κ2) is 6.48. The van der Waals surface area contributed by atoms with Gasteiger partial charge >= 0.3 is 0 Å². The van der Waals surface area contributed by atoms with Gasteiger partial charge in [0, 0.05) is 11.1 Å². The lowest BCUT2D eigenvalue weighted by Crippen LogP contribution is -2.24. The molecule has 2 aromatic carbocycles. The van der Waals surface area contributed by atoms with Gasteiger partial charge in [-0.05, 0) is 11.5 Å². The van der Waals surface area contributed by atoms with Crippen molar-refractivity contribution in [1.29, 1.82) is 0 Å². The number of nitrogens with zero attached hydrogens (tertiary/aromatic N) is 2. The SMILES string of the molecule is O=C([O-])CSc1nnc(COc2cccc3ccccc23)o1. The summed E-state index contributed by atoms with van der Waals surface area (Å²) in [6.45, 7) is 0.118. The second-order valence-corrected chi connectivity index (χ2v) is 5.31. The molecule has 6 nitrogen and oxygen atoms in total. The van der Waals surface area contributed by atoms with Gasteiger partial charge in [-0.1, -0.05) is 48.2 Å². The molecule has 0 amide bonds. The largest absolute Gasteiger partial charge is 0.549 e. The third-order valence-electron chi connectivity index (χ3n) is 2.86. The lowest BCUT2D eigenvalue weighted by Gasteiger charge is -2.07. The summed E-state index contributed by atoms with van der Waals surface area (Å²) in [5, 5.41) is 20.2. The molecule has 3 rings (SSSR count). The smallest absolute Gasteiger partial charge is 0.277 e. The zero-order chi connectivity index (χ0) is 15.4. The molecule has 1 aromatic heterocycles. The fourth-order valence-electron chi connectivity index (χ4n) is 1.94. The third-order valence-corrected chi connectivity index (χ3v) is 3.65. The summed E-state index contributed by atoms with van der Waals surface area (Å²) in [4.78, 5) is 10.4. The number of thioether (sulfide) groups is 1. The van der Waals surface area contributed by atoms with Gasteiger partial charge in [-0.3, -0.25) is 0 Å². The number of ether oxygens (including phenoxy) is 1.